The summed E-state index contributed by atoms with van der Waals surface area (Å²) in [7, 11) is 1.44. The van der Waals surface area contributed by atoms with Crippen LogP contribution in [0.2, 0.25) is 0 Å². The van der Waals surface area contributed by atoms with Crippen LogP contribution in [0.4, 0.5) is 0 Å². The molecule has 0 saturated heterocycles. The standard InChI is InChI=1S/C19H22N2O4/c1-6-9-21-17(22)14(12-20)10-13-7-8-15(16(11-13)24-5)25-18(23)19(2,3)4/h6-8,10-11H,1,9H2,2-5H3,(H,21,22)/b14-10+. The Bertz CT molecular complexity index is 737. The van der Waals surface area contributed by atoms with Gasteiger partial charge in [0.05, 0.1) is 12.5 Å². The largest absolute Gasteiger partial charge is 0.493 e. The van der Waals surface area contributed by atoms with Crippen LogP contribution in [0.25, 0.3) is 6.08 Å². The fourth-order valence-corrected chi connectivity index (χ4v) is 1.69. The van der Waals surface area contributed by atoms with E-state index in [9.17, 15) is 9.59 Å². The molecule has 0 heterocycles. The molecule has 0 bridgehead atoms. The van der Waals surface area contributed by atoms with Crippen molar-refractivity contribution in [3.63, 3.8) is 0 Å². The summed E-state index contributed by atoms with van der Waals surface area (Å²) in [5.74, 6) is -0.287. The lowest BCUT2D eigenvalue weighted by Gasteiger charge is -2.17. The summed E-state index contributed by atoms with van der Waals surface area (Å²) in [5.41, 5.74) is -0.137. The molecule has 0 saturated carbocycles. The number of nitrogens with one attached hydrogen (secondary N) is 1. The molecule has 6 nitrogen and oxygen atoms in total. The van der Waals surface area contributed by atoms with Gasteiger partial charge in [-0.2, -0.15) is 5.26 Å². The van der Waals surface area contributed by atoms with Gasteiger partial charge >= 0.3 is 5.97 Å². The molecule has 0 radical (unpaired) electrons. The van der Waals surface area contributed by atoms with Crippen molar-refractivity contribution in [3.05, 3.63) is 42.0 Å². The van der Waals surface area contributed by atoms with Crippen molar-refractivity contribution in [1.82, 2.24) is 5.32 Å². The fraction of sp³-hybridized carbons (Fsp3) is 0.316. The highest BCUT2D eigenvalue weighted by atomic mass is 16.6. The highest BCUT2D eigenvalue weighted by Gasteiger charge is 2.25. The first-order valence-electron chi connectivity index (χ1n) is 7.64. The normalized spacial score (nSPS) is 11.2. The highest BCUT2D eigenvalue weighted by Crippen LogP contribution is 2.31. The zero-order valence-electron chi connectivity index (χ0n) is 14.9. The van der Waals surface area contributed by atoms with Crippen molar-refractivity contribution in [2.75, 3.05) is 13.7 Å². The highest BCUT2D eigenvalue weighted by molar-refractivity contribution is 6.01. The minimum Gasteiger partial charge on any atom is -0.493 e. The molecule has 1 N–H and O–H groups in total. The van der Waals surface area contributed by atoms with Crippen LogP contribution in [-0.4, -0.2) is 25.5 Å². The van der Waals surface area contributed by atoms with Gasteiger partial charge in [-0.3, -0.25) is 9.59 Å². The van der Waals surface area contributed by atoms with Crippen molar-refractivity contribution in [2.24, 2.45) is 5.41 Å². The van der Waals surface area contributed by atoms with Gasteiger partial charge in [0.15, 0.2) is 11.5 Å². The number of methoxy groups -OCH3 is 1. The van der Waals surface area contributed by atoms with E-state index in [1.54, 1.807) is 39.0 Å². The molecule has 6 heteroatoms. The lowest BCUT2D eigenvalue weighted by atomic mass is 9.97. The summed E-state index contributed by atoms with van der Waals surface area (Å²) in [6.07, 6.45) is 2.95. The zero-order chi connectivity index (χ0) is 19.0. The molecule has 0 unspecified atom stereocenters. The van der Waals surface area contributed by atoms with Gasteiger partial charge < -0.3 is 14.8 Å². The molecule has 1 aromatic carbocycles. The molecule has 25 heavy (non-hydrogen) atoms. The fourth-order valence-electron chi connectivity index (χ4n) is 1.69. The second-order valence-electron chi connectivity index (χ2n) is 6.22. The van der Waals surface area contributed by atoms with Crippen molar-refractivity contribution >= 4 is 18.0 Å². The molecule has 0 fully saturated rings. The number of hydrogen-bond acceptors (Lipinski definition) is 5. The summed E-state index contributed by atoms with van der Waals surface area (Å²) in [6, 6.07) is 6.63. The lowest BCUT2D eigenvalue weighted by molar-refractivity contribution is -0.143. The predicted molar refractivity (Wildman–Crippen MR) is 94.9 cm³/mol. The number of amides is 1. The Labute approximate surface area is 147 Å². The van der Waals surface area contributed by atoms with Crippen molar-refractivity contribution in [2.45, 2.75) is 20.8 Å². The quantitative estimate of drug-likeness (QED) is 0.282. The summed E-state index contributed by atoms with van der Waals surface area (Å²) >= 11 is 0. The lowest BCUT2D eigenvalue weighted by Crippen LogP contribution is -2.25. The van der Waals surface area contributed by atoms with Gasteiger partial charge in [-0.05, 0) is 44.5 Å². The van der Waals surface area contributed by atoms with Crippen LogP contribution in [0.15, 0.2) is 36.4 Å². The molecule has 0 aliphatic heterocycles. The molecule has 132 valence electrons. The van der Waals surface area contributed by atoms with Gasteiger partial charge in [0.2, 0.25) is 0 Å². The van der Waals surface area contributed by atoms with Gasteiger partial charge in [-0.15, -0.1) is 6.58 Å². The van der Waals surface area contributed by atoms with Crippen molar-refractivity contribution in [3.8, 4) is 17.6 Å². The average Bonchev–Trinajstić information content (AvgIpc) is 2.57. The maximum atomic E-state index is 12.0. The topological polar surface area (TPSA) is 88.4 Å². The van der Waals surface area contributed by atoms with Gasteiger partial charge in [0.1, 0.15) is 11.6 Å². The molecule has 1 amide bonds. The monoisotopic (exact) mass is 342 g/mol. The van der Waals surface area contributed by atoms with E-state index < -0.39 is 17.3 Å². The Balaban J connectivity index is 3.10. The minimum absolute atomic E-state index is 0.0525. The third-order valence-corrected chi connectivity index (χ3v) is 3.09. The molecule has 0 spiro atoms. The Morgan fingerprint density at radius 2 is 2.00 bits per heavy atom. The van der Waals surface area contributed by atoms with E-state index in [4.69, 9.17) is 14.7 Å². The first-order chi connectivity index (χ1) is 11.7. The van der Waals surface area contributed by atoms with E-state index in [1.165, 1.54) is 19.3 Å². The summed E-state index contributed by atoms with van der Waals surface area (Å²) in [4.78, 5) is 23.9. The number of esters is 1. The number of nitriles is 1. The molecular formula is C19H22N2O4. The van der Waals surface area contributed by atoms with Gasteiger partial charge in [-0.25, -0.2) is 0 Å². The number of hydrogen-bond donors (Lipinski definition) is 1. The predicted octanol–water partition coefficient (Wildman–Crippen LogP) is 2.86. The first-order valence-corrected chi connectivity index (χ1v) is 7.64. The van der Waals surface area contributed by atoms with Crippen LogP contribution in [0.3, 0.4) is 0 Å². The number of benzene rings is 1. The number of carbonyl (C=O) groups excluding carboxylic acids is 2. The van der Waals surface area contributed by atoms with E-state index in [0.29, 0.717) is 11.3 Å². The second-order valence-corrected chi connectivity index (χ2v) is 6.22. The van der Waals surface area contributed by atoms with E-state index in [0.717, 1.165) is 0 Å². The summed E-state index contributed by atoms with van der Waals surface area (Å²) in [6.45, 7) is 9.02. The van der Waals surface area contributed by atoms with Crippen molar-refractivity contribution < 1.29 is 19.1 Å². The maximum Gasteiger partial charge on any atom is 0.316 e. The van der Waals surface area contributed by atoms with Gasteiger partial charge in [-0.1, -0.05) is 12.1 Å². The molecule has 0 atom stereocenters. The number of rotatable bonds is 6. The van der Waals surface area contributed by atoms with Crippen LogP contribution in [0.5, 0.6) is 11.5 Å². The Morgan fingerprint density at radius 3 is 2.52 bits per heavy atom. The SMILES string of the molecule is C=CCNC(=O)/C(C#N)=C/c1ccc(OC(=O)C(C)(C)C)c(OC)c1. The zero-order valence-corrected chi connectivity index (χ0v) is 14.9. The Morgan fingerprint density at radius 1 is 1.32 bits per heavy atom. The van der Waals surface area contributed by atoms with Gasteiger partial charge in [0.25, 0.3) is 5.91 Å². The molecular weight excluding hydrogens is 320 g/mol. The van der Waals surface area contributed by atoms with Crippen LogP contribution in [0, 0.1) is 16.7 Å². The Hall–Kier alpha value is -3.07. The second kappa shape index (κ2) is 8.69. The van der Waals surface area contributed by atoms with Crippen molar-refractivity contribution in [1.29, 1.82) is 5.26 Å². The summed E-state index contributed by atoms with van der Waals surface area (Å²) < 4.78 is 10.6. The van der Waals surface area contributed by atoms with E-state index in [-0.39, 0.29) is 17.9 Å². The van der Waals surface area contributed by atoms with E-state index >= 15 is 0 Å². The third-order valence-electron chi connectivity index (χ3n) is 3.09. The Kier molecular flexibility index (Phi) is 6.94. The molecule has 1 aromatic rings. The van der Waals surface area contributed by atoms with Crippen LogP contribution < -0.4 is 14.8 Å². The van der Waals surface area contributed by atoms with Crippen LogP contribution in [0.1, 0.15) is 26.3 Å². The van der Waals surface area contributed by atoms with Gasteiger partial charge in [0, 0.05) is 6.54 Å². The third kappa shape index (κ3) is 5.81. The molecule has 0 aliphatic carbocycles. The van der Waals surface area contributed by atoms with E-state index in [2.05, 4.69) is 11.9 Å². The van der Waals surface area contributed by atoms with E-state index in [1.807, 2.05) is 6.07 Å². The smallest absolute Gasteiger partial charge is 0.316 e. The molecule has 1 rings (SSSR count). The molecule has 0 aliphatic rings. The average molecular weight is 342 g/mol. The molecule has 0 aromatic heterocycles. The first kappa shape index (κ1) is 20.0. The number of carbonyl (C=O) groups is 2. The summed E-state index contributed by atoms with van der Waals surface area (Å²) in [5, 5.41) is 11.7. The number of ether oxygens (including phenoxy) is 2. The van der Waals surface area contributed by atoms with Crippen LogP contribution in [-0.2, 0) is 9.59 Å². The minimum atomic E-state index is -0.652. The number of nitrogens with zero attached hydrogens (tertiary/aromatic N) is 1. The van der Waals surface area contributed by atoms with Crippen LogP contribution >= 0.6 is 0 Å². The maximum absolute atomic E-state index is 12.0.